The Morgan fingerprint density at radius 1 is 1.32 bits per heavy atom. The van der Waals surface area contributed by atoms with Gasteiger partial charge >= 0.3 is 6.03 Å². The van der Waals surface area contributed by atoms with E-state index in [1.54, 1.807) is 4.90 Å². The Hall–Kier alpha value is -2.18. The van der Waals surface area contributed by atoms with Crippen LogP contribution in [0.25, 0.3) is 0 Å². The molecule has 2 atom stereocenters. The van der Waals surface area contributed by atoms with Crippen LogP contribution < -0.4 is 10.6 Å². The van der Waals surface area contributed by atoms with Crippen molar-refractivity contribution in [3.05, 3.63) is 46.2 Å². The molecule has 0 aliphatic carbocycles. The number of epoxide rings is 1. The van der Waals surface area contributed by atoms with Crippen molar-refractivity contribution in [1.29, 1.82) is 0 Å². The zero-order valence-electron chi connectivity index (χ0n) is 17.5. The number of hydrogen-bond acceptors (Lipinski definition) is 4. The Morgan fingerprint density at radius 2 is 2.07 bits per heavy atom. The van der Waals surface area contributed by atoms with E-state index in [0.29, 0.717) is 24.4 Å². The van der Waals surface area contributed by atoms with Crippen LogP contribution in [0, 0.1) is 12.8 Å². The van der Waals surface area contributed by atoms with Gasteiger partial charge in [-0.25, -0.2) is 4.79 Å². The smallest absolute Gasteiger partial charge is 0.324 e. The number of benzene rings is 1. The minimum Gasteiger partial charge on any atom is -0.343 e. The van der Waals surface area contributed by atoms with Crippen molar-refractivity contribution in [2.24, 2.45) is 5.92 Å². The summed E-state index contributed by atoms with van der Waals surface area (Å²) in [5.74, 6) is -0.000444. The molecule has 1 aromatic carbocycles. The molecule has 1 saturated heterocycles. The van der Waals surface area contributed by atoms with E-state index in [1.807, 2.05) is 26.1 Å². The van der Waals surface area contributed by atoms with Crippen LogP contribution in [-0.4, -0.2) is 42.6 Å². The topological polar surface area (TPSA) is 74.0 Å². The lowest BCUT2D eigenvalue weighted by atomic mass is 9.92. The van der Waals surface area contributed by atoms with Gasteiger partial charge in [-0.3, -0.25) is 9.69 Å². The number of amides is 2. The number of ether oxygens (including phenoxy) is 1. The molecule has 152 valence electrons. The number of carbonyl (C=O) groups excluding carboxylic acids is 2. The highest BCUT2D eigenvalue weighted by Crippen LogP contribution is 2.38. The summed E-state index contributed by atoms with van der Waals surface area (Å²) in [7, 11) is 1.88. The van der Waals surface area contributed by atoms with Crippen molar-refractivity contribution in [2.75, 3.05) is 13.6 Å². The van der Waals surface area contributed by atoms with Crippen LogP contribution in [0.3, 0.4) is 0 Å². The fraction of sp³-hybridized carbons (Fsp3) is 0.545. The molecule has 2 N–H and O–H groups in total. The number of rotatable bonds is 8. The Kier molecular flexibility index (Phi) is 6.20. The maximum atomic E-state index is 13.7. The molecular formula is C22H31N3O3. The molecule has 2 amide bonds. The summed E-state index contributed by atoms with van der Waals surface area (Å²) in [4.78, 5) is 28.2. The van der Waals surface area contributed by atoms with Gasteiger partial charge in [-0.05, 0) is 49.6 Å². The lowest BCUT2D eigenvalue weighted by Crippen LogP contribution is -2.42. The molecule has 28 heavy (non-hydrogen) atoms. The van der Waals surface area contributed by atoms with E-state index in [1.165, 1.54) is 0 Å². The second kappa shape index (κ2) is 8.45. The Labute approximate surface area is 167 Å². The fourth-order valence-corrected chi connectivity index (χ4v) is 3.87. The van der Waals surface area contributed by atoms with Gasteiger partial charge in [0.05, 0.1) is 5.70 Å². The van der Waals surface area contributed by atoms with Gasteiger partial charge in [-0.1, -0.05) is 38.8 Å². The average molecular weight is 386 g/mol. The third-order valence-corrected chi connectivity index (χ3v) is 5.20. The SMILES string of the molecule is CCCCN1C(=O)NC2OC2C(C(C)C)=C1C(=O)c1cc(C)cc(CNC)c1. The third-order valence-electron chi connectivity index (χ3n) is 5.20. The van der Waals surface area contributed by atoms with E-state index in [9.17, 15) is 9.59 Å². The molecule has 0 saturated carbocycles. The summed E-state index contributed by atoms with van der Waals surface area (Å²) in [5, 5.41) is 6.03. The number of fused-ring (bicyclic) bond motifs is 1. The molecule has 1 aromatic rings. The molecule has 0 bridgehead atoms. The first kappa shape index (κ1) is 20.6. The number of ketones is 1. The standard InChI is InChI=1S/C22H31N3O3/c1-6-7-8-25-18(17(13(2)3)20-21(28-20)24-22(25)27)19(26)16-10-14(4)9-15(11-16)12-23-5/h9-11,13,20-21,23H,6-8,12H2,1-5H3,(H,24,27). The van der Waals surface area contributed by atoms with Crippen molar-refractivity contribution >= 4 is 11.8 Å². The van der Waals surface area contributed by atoms with Crippen LogP contribution in [0.2, 0.25) is 0 Å². The number of allylic oxidation sites excluding steroid dienone is 1. The molecular weight excluding hydrogens is 354 g/mol. The molecule has 2 aliphatic heterocycles. The van der Waals surface area contributed by atoms with Gasteiger partial charge in [0, 0.05) is 18.7 Å². The monoisotopic (exact) mass is 385 g/mol. The van der Waals surface area contributed by atoms with Gasteiger partial charge < -0.3 is 15.4 Å². The van der Waals surface area contributed by atoms with Crippen LogP contribution in [-0.2, 0) is 11.3 Å². The van der Waals surface area contributed by atoms with Crippen molar-refractivity contribution < 1.29 is 14.3 Å². The number of aryl methyl sites for hydroxylation is 1. The molecule has 0 aromatic heterocycles. The third kappa shape index (κ3) is 4.13. The first-order chi connectivity index (χ1) is 13.4. The summed E-state index contributed by atoms with van der Waals surface area (Å²) < 4.78 is 5.68. The summed E-state index contributed by atoms with van der Waals surface area (Å²) in [5.41, 5.74) is 4.11. The van der Waals surface area contributed by atoms with Crippen LogP contribution in [0.15, 0.2) is 29.5 Å². The van der Waals surface area contributed by atoms with Gasteiger partial charge in [0.2, 0.25) is 5.78 Å². The second-order valence-electron chi connectivity index (χ2n) is 7.96. The number of nitrogens with one attached hydrogen (secondary N) is 2. The molecule has 6 nitrogen and oxygen atoms in total. The average Bonchev–Trinajstić information content (AvgIpc) is 3.38. The van der Waals surface area contributed by atoms with Crippen LogP contribution in [0.5, 0.6) is 0 Å². The van der Waals surface area contributed by atoms with Crippen molar-refractivity contribution in [3.63, 3.8) is 0 Å². The number of nitrogens with zero attached hydrogens (tertiary/aromatic N) is 1. The molecule has 6 heteroatoms. The van der Waals surface area contributed by atoms with Crippen molar-refractivity contribution in [2.45, 2.75) is 59.4 Å². The van der Waals surface area contributed by atoms with E-state index >= 15 is 0 Å². The van der Waals surface area contributed by atoms with Gasteiger partial charge in [-0.15, -0.1) is 0 Å². The van der Waals surface area contributed by atoms with E-state index in [0.717, 1.165) is 29.5 Å². The summed E-state index contributed by atoms with van der Waals surface area (Å²) in [6.07, 6.45) is 1.25. The molecule has 2 unspecified atom stereocenters. The fourth-order valence-electron chi connectivity index (χ4n) is 3.87. The lowest BCUT2D eigenvalue weighted by Gasteiger charge is -2.27. The number of Topliss-reactive ketones (excluding diaryl/α,β-unsaturated/α-hetero) is 1. The van der Waals surface area contributed by atoms with Crippen molar-refractivity contribution in [3.8, 4) is 0 Å². The highest BCUT2D eigenvalue weighted by molar-refractivity contribution is 6.11. The molecule has 0 radical (unpaired) electrons. The summed E-state index contributed by atoms with van der Waals surface area (Å²) in [6.45, 7) is 9.38. The lowest BCUT2D eigenvalue weighted by molar-refractivity contribution is 0.0988. The zero-order chi connectivity index (χ0) is 20.4. The number of hydrogen-bond donors (Lipinski definition) is 2. The van der Waals surface area contributed by atoms with Gasteiger partial charge in [-0.2, -0.15) is 0 Å². The largest absolute Gasteiger partial charge is 0.343 e. The second-order valence-corrected chi connectivity index (χ2v) is 7.96. The van der Waals surface area contributed by atoms with Crippen molar-refractivity contribution in [1.82, 2.24) is 15.5 Å². The zero-order valence-corrected chi connectivity index (χ0v) is 17.5. The van der Waals surface area contributed by atoms with Crippen LogP contribution in [0.1, 0.15) is 55.1 Å². The van der Waals surface area contributed by atoms with E-state index in [4.69, 9.17) is 4.74 Å². The normalized spacial score (nSPS) is 21.5. The number of carbonyl (C=O) groups is 2. The van der Waals surface area contributed by atoms with E-state index in [2.05, 4.69) is 37.5 Å². The van der Waals surface area contributed by atoms with E-state index in [-0.39, 0.29) is 30.1 Å². The molecule has 1 fully saturated rings. The molecule has 3 rings (SSSR count). The maximum absolute atomic E-state index is 13.7. The maximum Gasteiger partial charge on any atom is 0.324 e. The summed E-state index contributed by atoms with van der Waals surface area (Å²) in [6, 6.07) is 5.64. The highest BCUT2D eigenvalue weighted by Gasteiger charge is 2.50. The van der Waals surface area contributed by atoms with Gasteiger partial charge in [0.25, 0.3) is 0 Å². The van der Waals surface area contributed by atoms with E-state index < -0.39 is 0 Å². The van der Waals surface area contributed by atoms with Crippen LogP contribution >= 0.6 is 0 Å². The molecule has 0 spiro atoms. The van der Waals surface area contributed by atoms with Gasteiger partial charge in [0.15, 0.2) is 6.23 Å². The van der Waals surface area contributed by atoms with Crippen LogP contribution in [0.4, 0.5) is 4.79 Å². The molecule has 2 heterocycles. The minimum absolute atomic E-state index is 0.104. The number of urea groups is 1. The first-order valence-electron chi connectivity index (χ1n) is 10.1. The Balaban J connectivity index is 2.10. The quantitative estimate of drug-likeness (QED) is 0.532. The minimum atomic E-state index is -0.323. The number of unbranched alkanes of at least 4 members (excludes halogenated alkanes) is 1. The predicted octanol–water partition coefficient (Wildman–Crippen LogP) is 3.36. The van der Waals surface area contributed by atoms with Gasteiger partial charge in [0.1, 0.15) is 6.10 Å². The molecule has 2 aliphatic rings. The first-order valence-corrected chi connectivity index (χ1v) is 10.1. The predicted molar refractivity (Wildman–Crippen MR) is 109 cm³/mol. The summed E-state index contributed by atoms with van der Waals surface area (Å²) >= 11 is 0. The highest BCUT2D eigenvalue weighted by atomic mass is 16.6. The Morgan fingerprint density at radius 3 is 2.71 bits per heavy atom. The Bertz CT molecular complexity index is 800.